The summed E-state index contributed by atoms with van der Waals surface area (Å²) in [4.78, 5) is 12.4. The summed E-state index contributed by atoms with van der Waals surface area (Å²) in [6.45, 7) is 1.86. The number of rotatable bonds is 2. The van der Waals surface area contributed by atoms with E-state index in [9.17, 15) is 9.18 Å². The van der Waals surface area contributed by atoms with Crippen molar-refractivity contribution in [2.24, 2.45) is 0 Å². The Morgan fingerprint density at radius 1 is 1.15 bits per heavy atom. The minimum atomic E-state index is -0.365. The van der Waals surface area contributed by atoms with Crippen molar-refractivity contribution in [3.8, 4) is 0 Å². The summed E-state index contributed by atoms with van der Waals surface area (Å²) in [5, 5.41) is 1.06. The second kappa shape index (κ2) is 4.76. The fourth-order valence-electron chi connectivity index (χ4n) is 2.14. The van der Waals surface area contributed by atoms with Gasteiger partial charge in [0.1, 0.15) is 11.4 Å². The van der Waals surface area contributed by atoms with Crippen LogP contribution in [-0.2, 0) is 0 Å². The first-order chi connectivity index (χ1) is 9.52. The Labute approximate surface area is 119 Å². The Hall–Kier alpha value is -2.13. The van der Waals surface area contributed by atoms with Gasteiger partial charge in [-0.05, 0) is 55.0 Å². The molecule has 3 aromatic rings. The molecule has 0 N–H and O–H groups in total. The number of aryl methyl sites for hydroxylation is 1. The Morgan fingerprint density at radius 3 is 2.70 bits per heavy atom. The van der Waals surface area contributed by atoms with Crippen LogP contribution in [0.5, 0.6) is 0 Å². The summed E-state index contributed by atoms with van der Waals surface area (Å²) in [6.07, 6.45) is 0. The molecule has 0 amide bonds. The lowest BCUT2D eigenvalue weighted by Crippen LogP contribution is -1.99. The first-order valence-electron chi connectivity index (χ1n) is 6.04. The highest BCUT2D eigenvalue weighted by atomic mass is 35.5. The van der Waals surface area contributed by atoms with Gasteiger partial charge >= 0.3 is 0 Å². The zero-order chi connectivity index (χ0) is 14.3. The SMILES string of the molecule is Cc1cc(Cl)cc(C(=O)c2cc3cc(F)ccc3o2)c1. The molecule has 20 heavy (non-hydrogen) atoms. The smallest absolute Gasteiger partial charge is 0.228 e. The molecule has 0 saturated carbocycles. The van der Waals surface area contributed by atoms with Gasteiger partial charge in [0.05, 0.1) is 0 Å². The number of hydrogen-bond donors (Lipinski definition) is 0. The third-order valence-electron chi connectivity index (χ3n) is 3.01. The zero-order valence-electron chi connectivity index (χ0n) is 10.6. The highest BCUT2D eigenvalue weighted by Crippen LogP contribution is 2.24. The molecule has 0 saturated heterocycles. The molecule has 2 nitrogen and oxygen atoms in total. The number of benzene rings is 2. The van der Waals surface area contributed by atoms with Crippen LogP contribution in [0.2, 0.25) is 5.02 Å². The first-order valence-corrected chi connectivity index (χ1v) is 6.42. The number of halogens is 2. The predicted molar refractivity (Wildman–Crippen MR) is 75.8 cm³/mol. The number of hydrogen-bond acceptors (Lipinski definition) is 2. The first kappa shape index (κ1) is 12.9. The summed E-state index contributed by atoms with van der Waals surface area (Å²) in [7, 11) is 0. The maximum atomic E-state index is 13.1. The average Bonchev–Trinajstić information content (AvgIpc) is 2.79. The quantitative estimate of drug-likeness (QED) is 0.636. The van der Waals surface area contributed by atoms with Crippen molar-refractivity contribution in [1.29, 1.82) is 0 Å². The summed E-state index contributed by atoms with van der Waals surface area (Å²) in [5.41, 5.74) is 1.83. The number of fused-ring (bicyclic) bond motifs is 1. The molecule has 2 aromatic carbocycles. The van der Waals surface area contributed by atoms with Crippen LogP contribution in [0.25, 0.3) is 11.0 Å². The molecule has 0 aliphatic heterocycles. The summed E-state index contributed by atoms with van der Waals surface area (Å²) >= 11 is 5.95. The van der Waals surface area contributed by atoms with E-state index in [-0.39, 0.29) is 17.4 Å². The molecule has 0 unspecified atom stereocenters. The second-order valence-corrected chi connectivity index (χ2v) is 5.08. The number of ketones is 1. The molecule has 0 fully saturated rings. The van der Waals surface area contributed by atoms with E-state index < -0.39 is 0 Å². The van der Waals surface area contributed by atoms with Gasteiger partial charge in [-0.1, -0.05) is 11.6 Å². The molecule has 0 atom stereocenters. The normalized spacial score (nSPS) is 10.9. The van der Waals surface area contributed by atoms with Gasteiger partial charge < -0.3 is 4.42 Å². The maximum Gasteiger partial charge on any atom is 0.228 e. The van der Waals surface area contributed by atoms with Gasteiger partial charge in [-0.2, -0.15) is 0 Å². The van der Waals surface area contributed by atoms with Gasteiger partial charge in [0, 0.05) is 16.0 Å². The van der Waals surface area contributed by atoms with Crippen LogP contribution in [0, 0.1) is 12.7 Å². The molecule has 3 rings (SSSR count). The lowest BCUT2D eigenvalue weighted by Gasteiger charge is -2.00. The topological polar surface area (TPSA) is 30.2 Å². The van der Waals surface area contributed by atoms with Gasteiger partial charge in [-0.25, -0.2) is 4.39 Å². The van der Waals surface area contributed by atoms with Crippen LogP contribution < -0.4 is 0 Å². The fraction of sp³-hybridized carbons (Fsp3) is 0.0625. The van der Waals surface area contributed by atoms with Crippen molar-refractivity contribution in [2.75, 3.05) is 0 Å². The van der Waals surface area contributed by atoms with Crippen LogP contribution in [0.3, 0.4) is 0 Å². The molecule has 0 aliphatic rings. The Kier molecular flexibility index (Phi) is 3.07. The lowest BCUT2D eigenvalue weighted by atomic mass is 10.1. The van der Waals surface area contributed by atoms with E-state index in [1.165, 1.54) is 24.3 Å². The minimum absolute atomic E-state index is 0.173. The largest absolute Gasteiger partial charge is 0.453 e. The van der Waals surface area contributed by atoms with E-state index >= 15 is 0 Å². The van der Waals surface area contributed by atoms with E-state index in [0.717, 1.165) is 5.56 Å². The van der Waals surface area contributed by atoms with Crippen molar-refractivity contribution >= 4 is 28.4 Å². The molecule has 1 aromatic heterocycles. The fourth-order valence-corrected chi connectivity index (χ4v) is 2.43. The standard InChI is InChI=1S/C16H10ClFO2/c1-9-4-11(6-12(17)5-9)16(19)15-8-10-7-13(18)2-3-14(10)20-15/h2-8H,1H3. The molecule has 1 heterocycles. The van der Waals surface area contributed by atoms with Crippen LogP contribution in [0.4, 0.5) is 4.39 Å². The van der Waals surface area contributed by atoms with Crippen molar-refractivity contribution in [1.82, 2.24) is 0 Å². The van der Waals surface area contributed by atoms with Gasteiger partial charge in [-0.3, -0.25) is 4.79 Å². The molecule has 0 spiro atoms. The Bertz CT molecular complexity index is 800. The van der Waals surface area contributed by atoms with E-state index in [0.29, 0.717) is 21.6 Å². The highest BCUT2D eigenvalue weighted by molar-refractivity contribution is 6.31. The van der Waals surface area contributed by atoms with Crippen LogP contribution in [0.15, 0.2) is 46.9 Å². The number of furan rings is 1. The van der Waals surface area contributed by atoms with Crippen LogP contribution in [0.1, 0.15) is 21.7 Å². The Morgan fingerprint density at radius 2 is 1.95 bits per heavy atom. The third kappa shape index (κ3) is 2.32. The van der Waals surface area contributed by atoms with E-state index in [4.69, 9.17) is 16.0 Å². The Balaban J connectivity index is 2.07. The zero-order valence-corrected chi connectivity index (χ0v) is 11.4. The van der Waals surface area contributed by atoms with E-state index in [1.807, 2.05) is 6.92 Å². The van der Waals surface area contributed by atoms with E-state index in [1.54, 1.807) is 18.2 Å². The molecule has 4 heteroatoms. The summed E-state index contributed by atoms with van der Waals surface area (Å²) in [5.74, 6) is -0.463. The monoisotopic (exact) mass is 288 g/mol. The summed E-state index contributed by atoms with van der Waals surface area (Å²) < 4.78 is 18.6. The van der Waals surface area contributed by atoms with Crippen molar-refractivity contribution in [3.63, 3.8) is 0 Å². The van der Waals surface area contributed by atoms with Gasteiger partial charge in [0.15, 0.2) is 5.76 Å². The second-order valence-electron chi connectivity index (χ2n) is 4.64. The molecule has 0 aliphatic carbocycles. The highest BCUT2D eigenvalue weighted by Gasteiger charge is 2.15. The lowest BCUT2D eigenvalue weighted by molar-refractivity contribution is 0.101. The maximum absolute atomic E-state index is 13.1. The molecule has 0 radical (unpaired) electrons. The third-order valence-corrected chi connectivity index (χ3v) is 3.22. The van der Waals surface area contributed by atoms with Gasteiger partial charge in [-0.15, -0.1) is 0 Å². The predicted octanol–water partition coefficient (Wildman–Crippen LogP) is 4.76. The van der Waals surface area contributed by atoms with Crippen molar-refractivity contribution in [3.05, 3.63) is 70.2 Å². The number of carbonyl (C=O) groups excluding carboxylic acids is 1. The molecule has 100 valence electrons. The van der Waals surface area contributed by atoms with Crippen LogP contribution >= 0.6 is 11.6 Å². The van der Waals surface area contributed by atoms with E-state index in [2.05, 4.69) is 0 Å². The number of carbonyl (C=O) groups is 1. The van der Waals surface area contributed by atoms with Crippen LogP contribution in [-0.4, -0.2) is 5.78 Å². The molecule has 0 bridgehead atoms. The minimum Gasteiger partial charge on any atom is -0.453 e. The van der Waals surface area contributed by atoms with Gasteiger partial charge in [0.2, 0.25) is 5.78 Å². The van der Waals surface area contributed by atoms with Gasteiger partial charge in [0.25, 0.3) is 0 Å². The molecular weight excluding hydrogens is 279 g/mol. The molecular formula is C16H10ClFO2. The summed E-state index contributed by atoms with van der Waals surface area (Å²) in [6, 6.07) is 10.8. The van der Waals surface area contributed by atoms with Crippen molar-refractivity contribution < 1.29 is 13.6 Å². The van der Waals surface area contributed by atoms with Crippen molar-refractivity contribution in [2.45, 2.75) is 6.92 Å². The average molecular weight is 289 g/mol.